The molecule has 3 aliphatic rings. The fourth-order valence-corrected chi connectivity index (χ4v) is 3.68. The molecule has 0 bridgehead atoms. The van der Waals surface area contributed by atoms with Crippen molar-refractivity contribution in [3.05, 3.63) is 47.3 Å². The molecule has 0 spiro atoms. The summed E-state index contributed by atoms with van der Waals surface area (Å²) in [5, 5.41) is 2.41. The molecule has 3 heterocycles. The van der Waals surface area contributed by atoms with Gasteiger partial charge in [-0.25, -0.2) is 9.79 Å². The van der Waals surface area contributed by atoms with E-state index in [1.54, 1.807) is 7.05 Å². The molecule has 2 atom stereocenters. The molecule has 7 heteroatoms. The van der Waals surface area contributed by atoms with Crippen molar-refractivity contribution in [3.8, 4) is 0 Å². The van der Waals surface area contributed by atoms with Crippen LogP contribution in [0.25, 0.3) is 0 Å². The summed E-state index contributed by atoms with van der Waals surface area (Å²) < 4.78 is 0. The van der Waals surface area contributed by atoms with E-state index in [0.717, 1.165) is 30.3 Å². The van der Waals surface area contributed by atoms with Gasteiger partial charge < -0.3 is 9.80 Å². The van der Waals surface area contributed by atoms with Crippen LogP contribution in [0.4, 0.5) is 4.79 Å². The Hall–Kier alpha value is -2.83. The zero-order chi connectivity index (χ0) is 17.7. The highest BCUT2D eigenvalue weighted by Crippen LogP contribution is 2.36. The van der Waals surface area contributed by atoms with Crippen molar-refractivity contribution >= 4 is 17.9 Å². The number of hydrogen-bond acceptors (Lipinski definition) is 5. The van der Waals surface area contributed by atoms with Gasteiger partial charge in [0, 0.05) is 25.0 Å². The van der Waals surface area contributed by atoms with Gasteiger partial charge in [0.1, 0.15) is 0 Å². The summed E-state index contributed by atoms with van der Waals surface area (Å²) >= 11 is 0. The van der Waals surface area contributed by atoms with Gasteiger partial charge in [-0.15, -0.1) is 0 Å². The Kier molecular flexibility index (Phi) is 3.52. The highest BCUT2D eigenvalue weighted by Gasteiger charge is 2.52. The minimum Gasteiger partial charge on any atom is -0.314 e. The Bertz CT molecular complexity index is 801. The molecule has 130 valence electrons. The lowest BCUT2D eigenvalue weighted by Gasteiger charge is -2.35. The third-order valence-corrected chi connectivity index (χ3v) is 5.24. The van der Waals surface area contributed by atoms with E-state index in [9.17, 15) is 9.59 Å². The summed E-state index contributed by atoms with van der Waals surface area (Å²) in [6, 6.07) is 9.40. The van der Waals surface area contributed by atoms with Crippen LogP contribution in [0.3, 0.4) is 0 Å². The maximum absolute atomic E-state index is 12.4. The van der Waals surface area contributed by atoms with Crippen molar-refractivity contribution in [2.75, 3.05) is 13.6 Å². The van der Waals surface area contributed by atoms with Crippen molar-refractivity contribution < 1.29 is 9.59 Å². The Balaban J connectivity index is 1.62. The SMILES string of the molecule is CC1=C(C)N2C(=NC3C2C(=O)NC(=O)N3C)N1CCc1ccccc1. The predicted octanol–water partition coefficient (Wildman–Crippen LogP) is 1.34. The quantitative estimate of drug-likeness (QED) is 0.902. The smallest absolute Gasteiger partial charge is 0.314 e. The molecule has 25 heavy (non-hydrogen) atoms. The van der Waals surface area contributed by atoms with Crippen LogP contribution < -0.4 is 5.32 Å². The lowest BCUT2D eigenvalue weighted by Crippen LogP contribution is -2.63. The first-order valence-corrected chi connectivity index (χ1v) is 8.42. The molecule has 2 unspecified atom stereocenters. The van der Waals surface area contributed by atoms with Gasteiger partial charge in [0.25, 0.3) is 5.91 Å². The molecule has 3 aliphatic heterocycles. The van der Waals surface area contributed by atoms with E-state index < -0.39 is 18.2 Å². The number of urea groups is 1. The van der Waals surface area contributed by atoms with Crippen molar-refractivity contribution in [1.82, 2.24) is 20.0 Å². The zero-order valence-corrected chi connectivity index (χ0v) is 14.6. The van der Waals surface area contributed by atoms with Gasteiger partial charge in [-0.3, -0.25) is 15.0 Å². The van der Waals surface area contributed by atoms with E-state index >= 15 is 0 Å². The maximum atomic E-state index is 12.4. The van der Waals surface area contributed by atoms with E-state index in [1.807, 2.05) is 36.9 Å². The van der Waals surface area contributed by atoms with E-state index in [1.165, 1.54) is 10.5 Å². The largest absolute Gasteiger partial charge is 0.325 e. The number of rotatable bonds is 3. The Morgan fingerprint density at radius 2 is 1.84 bits per heavy atom. The third kappa shape index (κ3) is 2.30. The summed E-state index contributed by atoms with van der Waals surface area (Å²) in [7, 11) is 1.67. The number of allylic oxidation sites excluding steroid dienone is 2. The van der Waals surface area contributed by atoms with Gasteiger partial charge in [0.2, 0.25) is 5.96 Å². The van der Waals surface area contributed by atoms with Gasteiger partial charge in [-0.2, -0.15) is 0 Å². The standard InChI is InChI=1S/C18H21N5O2/c1-11-12(2)23-14-15(21(3)18(25)20-16(14)24)19-17(23)22(11)10-9-13-7-5-4-6-8-13/h4-8,14-15H,9-10H2,1-3H3,(H,20,24,25). The van der Waals surface area contributed by atoms with Crippen molar-refractivity contribution in [1.29, 1.82) is 0 Å². The number of fused-ring (bicyclic) bond motifs is 3. The number of amides is 3. The van der Waals surface area contributed by atoms with Crippen LogP contribution in [-0.2, 0) is 11.2 Å². The zero-order valence-electron chi connectivity index (χ0n) is 14.6. The second-order valence-corrected chi connectivity index (χ2v) is 6.62. The van der Waals surface area contributed by atoms with Crippen LogP contribution in [0.5, 0.6) is 0 Å². The first-order chi connectivity index (χ1) is 12.0. The highest BCUT2D eigenvalue weighted by molar-refractivity contribution is 6.05. The molecule has 0 aliphatic carbocycles. The molecule has 4 rings (SSSR count). The summed E-state index contributed by atoms with van der Waals surface area (Å²) in [6.45, 7) is 4.83. The second-order valence-electron chi connectivity index (χ2n) is 6.62. The Morgan fingerprint density at radius 3 is 2.56 bits per heavy atom. The van der Waals surface area contributed by atoms with E-state index in [4.69, 9.17) is 4.99 Å². The molecular weight excluding hydrogens is 318 g/mol. The van der Waals surface area contributed by atoms with Gasteiger partial charge in [0.15, 0.2) is 12.2 Å². The molecule has 0 aromatic heterocycles. The minimum absolute atomic E-state index is 0.288. The molecular formula is C18H21N5O2. The molecule has 0 radical (unpaired) electrons. The molecule has 7 nitrogen and oxygen atoms in total. The van der Waals surface area contributed by atoms with Gasteiger partial charge >= 0.3 is 6.03 Å². The first kappa shape index (κ1) is 15.7. The van der Waals surface area contributed by atoms with E-state index in [-0.39, 0.29) is 5.91 Å². The second kappa shape index (κ2) is 5.61. The van der Waals surface area contributed by atoms with Gasteiger partial charge in [-0.1, -0.05) is 30.3 Å². The number of hydrogen-bond donors (Lipinski definition) is 1. The molecule has 3 amide bonds. The maximum Gasteiger partial charge on any atom is 0.325 e. The van der Waals surface area contributed by atoms with E-state index in [0.29, 0.717) is 0 Å². The number of carbonyl (C=O) groups excluding carboxylic acids is 2. The molecule has 0 saturated carbocycles. The van der Waals surface area contributed by atoms with Crippen LogP contribution in [0, 0.1) is 0 Å². The summed E-state index contributed by atoms with van der Waals surface area (Å²) in [5.41, 5.74) is 3.37. The molecule has 1 N–H and O–H groups in total. The number of imide groups is 1. The van der Waals surface area contributed by atoms with Gasteiger partial charge in [-0.05, 0) is 25.8 Å². The fraction of sp³-hybridized carbons (Fsp3) is 0.389. The number of benzene rings is 1. The van der Waals surface area contributed by atoms with Crippen LogP contribution in [0.1, 0.15) is 19.4 Å². The topological polar surface area (TPSA) is 68.2 Å². The number of guanidine groups is 1. The fourth-order valence-electron chi connectivity index (χ4n) is 3.68. The van der Waals surface area contributed by atoms with Crippen molar-refractivity contribution in [2.24, 2.45) is 4.99 Å². The van der Waals surface area contributed by atoms with Gasteiger partial charge in [0.05, 0.1) is 0 Å². The molecule has 1 aromatic carbocycles. The lowest BCUT2D eigenvalue weighted by atomic mass is 10.1. The van der Waals surface area contributed by atoms with E-state index in [2.05, 4.69) is 22.3 Å². The number of likely N-dealkylation sites (N-methyl/N-ethyl adjacent to an activating group) is 1. The summed E-state index contributed by atoms with van der Waals surface area (Å²) in [5.74, 6) is 0.474. The average molecular weight is 339 g/mol. The number of nitrogens with one attached hydrogen (secondary N) is 1. The Morgan fingerprint density at radius 1 is 1.12 bits per heavy atom. The van der Waals surface area contributed by atoms with Crippen molar-refractivity contribution in [3.63, 3.8) is 0 Å². The van der Waals surface area contributed by atoms with Crippen LogP contribution >= 0.6 is 0 Å². The minimum atomic E-state index is -0.491. The lowest BCUT2D eigenvalue weighted by molar-refractivity contribution is -0.126. The summed E-state index contributed by atoms with van der Waals surface area (Å²) in [4.78, 5) is 34.6. The first-order valence-electron chi connectivity index (χ1n) is 8.42. The number of nitrogens with zero attached hydrogens (tertiary/aromatic N) is 4. The molecule has 1 fully saturated rings. The number of aliphatic imine (C=N–C) groups is 1. The molecule has 1 aromatic rings. The normalized spacial score (nSPS) is 25.2. The van der Waals surface area contributed by atoms with Crippen LogP contribution in [0.15, 0.2) is 46.7 Å². The average Bonchev–Trinajstić information content (AvgIpc) is 3.10. The third-order valence-electron chi connectivity index (χ3n) is 5.24. The summed E-state index contributed by atoms with van der Waals surface area (Å²) in [6.07, 6.45) is 0.410. The predicted molar refractivity (Wildman–Crippen MR) is 93.4 cm³/mol. The highest BCUT2D eigenvalue weighted by atomic mass is 16.2. The van der Waals surface area contributed by atoms with Crippen LogP contribution in [0.2, 0.25) is 0 Å². The monoisotopic (exact) mass is 339 g/mol. The molecule has 1 saturated heterocycles. The number of carbonyl (C=O) groups is 2. The van der Waals surface area contributed by atoms with Crippen LogP contribution in [-0.4, -0.2) is 58.4 Å². The Labute approximate surface area is 146 Å². The van der Waals surface area contributed by atoms with Crippen molar-refractivity contribution in [2.45, 2.75) is 32.5 Å².